The second-order valence-electron chi connectivity index (χ2n) is 1.78. The van der Waals surface area contributed by atoms with E-state index in [0.29, 0.717) is 6.42 Å². The van der Waals surface area contributed by atoms with Crippen molar-refractivity contribution in [2.45, 2.75) is 6.42 Å². The van der Waals surface area contributed by atoms with Crippen LogP contribution in [-0.2, 0) is 0 Å². The Morgan fingerprint density at radius 2 is 2.60 bits per heavy atom. The minimum absolute atomic E-state index is 0.498. The summed E-state index contributed by atoms with van der Waals surface area (Å²) in [4.78, 5) is 1.20. The van der Waals surface area contributed by atoms with Crippen molar-refractivity contribution in [3.05, 3.63) is 28.5 Å². The highest BCUT2D eigenvalue weighted by Crippen LogP contribution is 2.10. The molecule has 0 N–H and O–H groups in total. The van der Waals surface area contributed by atoms with E-state index in [2.05, 4.69) is 0 Å². The molecule has 0 aliphatic carbocycles. The molecule has 0 unspecified atom stereocenters. The summed E-state index contributed by atoms with van der Waals surface area (Å²) in [7, 11) is 0. The molecule has 1 nitrogen and oxygen atoms in total. The van der Waals surface area contributed by atoms with E-state index in [1.807, 2.05) is 35.7 Å². The standard InChI is InChI=1S/C8H7NS/c9-6-2-1-4-8-5-3-7-10-8/h1,3-5,7H,2H2/b4-1+. The van der Waals surface area contributed by atoms with Crippen molar-refractivity contribution < 1.29 is 0 Å². The van der Waals surface area contributed by atoms with Gasteiger partial charge < -0.3 is 0 Å². The number of hydrogen-bond acceptors (Lipinski definition) is 2. The van der Waals surface area contributed by atoms with Gasteiger partial charge in [0.05, 0.1) is 12.5 Å². The lowest BCUT2D eigenvalue weighted by atomic mass is 10.3. The first-order valence-corrected chi connectivity index (χ1v) is 3.88. The van der Waals surface area contributed by atoms with Crippen LogP contribution in [0.2, 0.25) is 0 Å². The lowest BCUT2D eigenvalue weighted by Crippen LogP contribution is -1.57. The van der Waals surface area contributed by atoms with Gasteiger partial charge in [-0.2, -0.15) is 5.26 Å². The molecule has 0 saturated carbocycles. The quantitative estimate of drug-likeness (QED) is 0.634. The monoisotopic (exact) mass is 149 g/mol. The molecule has 0 spiro atoms. The Hall–Kier alpha value is -1.07. The van der Waals surface area contributed by atoms with Gasteiger partial charge in [-0.3, -0.25) is 0 Å². The summed E-state index contributed by atoms with van der Waals surface area (Å²) < 4.78 is 0. The van der Waals surface area contributed by atoms with Crippen LogP contribution in [0.3, 0.4) is 0 Å². The van der Waals surface area contributed by atoms with Crippen LogP contribution >= 0.6 is 11.3 Å². The van der Waals surface area contributed by atoms with Gasteiger partial charge in [-0.15, -0.1) is 11.3 Å². The van der Waals surface area contributed by atoms with Gasteiger partial charge in [0.1, 0.15) is 0 Å². The Kier molecular flexibility index (Phi) is 2.72. The third-order valence-corrected chi connectivity index (χ3v) is 1.87. The van der Waals surface area contributed by atoms with Gasteiger partial charge in [-0.1, -0.05) is 12.1 Å². The minimum Gasteiger partial charge on any atom is -0.198 e. The zero-order valence-corrected chi connectivity index (χ0v) is 6.27. The Balaban J connectivity index is 2.49. The Morgan fingerprint density at radius 1 is 1.70 bits per heavy atom. The maximum Gasteiger partial charge on any atom is 0.0663 e. The number of allylic oxidation sites excluding steroid dienone is 1. The third kappa shape index (κ3) is 2.04. The molecular formula is C8H7NS. The van der Waals surface area contributed by atoms with Crippen LogP contribution < -0.4 is 0 Å². The molecular weight excluding hydrogens is 142 g/mol. The van der Waals surface area contributed by atoms with E-state index in [1.54, 1.807) is 11.3 Å². The Morgan fingerprint density at radius 3 is 3.20 bits per heavy atom. The highest BCUT2D eigenvalue weighted by atomic mass is 32.1. The normalized spacial score (nSPS) is 9.90. The fourth-order valence-corrected chi connectivity index (χ4v) is 1.26. The van der Waals surface area contributed by atoms with Gasteiger partial charge in [-0.25, -0.2) is 0 Å². The maximum absolute atomic E-state index is 8.20. The van der Waals surface area contributed by atoms with E-state index in [4.69, 9.17) is 5.26 Å². The summed E-state index contributed by atoms with van der Waals surface area (Å²) >= 11 is 1.68. The van der Waals surface area contributed by atoms with Crippen molar-refractivity contribution >= 4 is 17.4 Å². The number of thiophene rings is 1. The first-order chi connectivity index (χ1) is 4.93. The van der Waals surface area contributed by atoms with E-state index in [9.17, 15) is 0 Å². The van der Waals surface area contributed by atoms with Gasteiger partial charge in [0.15, 0.2) is 0 Å². The zero-order valence-electron chi connectivity index (χ0n) is 5.45. The van der Waals surface area contributed by atoms with Crippen LogP contribution in [0.25, 0.3) is 6.08 Å². The molecule has 0 amide bonds. The summed E-state index contributed by atoms with van der Waals surface area (Å²) in [5.41, 5.74) is 0. The van der Waals surface area contributed by atoms with Gasteiger partial charge in [0.25, 0.3) is 0 Å². The maximum atomic E-state index is 8.20. The lowest BCUT2D eigenvalue weighted by Gasteiger charge is -1.77. The van der Waals surface area contributed by atoms with Gasteiger partial charge in [-0.05, 0) is 17.5 Å². The zero-order chi connectivity index (χ0) is 7.23. The van der Waals surface area contributed by atoms with Crippen LogP contribution in [0, 0.1) is 11.3 Å². The van der Waals surface area contributed by atoms with E-state index in [0.717, 1.165) is 0 Å². The van der Waals surface area contributed by atoms with Crippen LogP contribution in [0.5, 0.6) is 0 Å². The molecule has 0 fully saturated rings. The first kappa shape index (κ1) is 7.04. The molecule has 0 aliphatic heterocycles. The van der Waals surface area contributed by atoms with Crippen LogP contribution in [0.4, 0.5) is 0 Å². The molecule has 0 bridgehead atoms. The predicted molar refractivity (Wildman–Crippen MR) is 43.6 cm³/mol. The SMILES string of the molecule is N#CC/C=C/c1cccs1. The van der Waals surface area contributed by atoms with Gasteiger partial charge >= 0.3 is 0 Å². The highest BCUT2D eigenvalue weighted by molar-refractivity contribution is 7.10. The number of rotatable bonds is 2. The first-order valence-electron chi connectivity index (χ1n) is 3.00. The summed E-state index contributed by atoms with van der Waals surface area (Å²) in [5, 5.41) is 10.2. The molecule has 1 rings (SSSR count). The van der Waals surface area contributed by atoms with Crippen molar-refractivity contribution in [3.63, 3.8) is 0 Å². The summed E-state index contributed by atoms with van der Waals surface area (Å²) in [6, 6.07) is 6.07. The fourth-order valence-electron chi connectivity index (χ4n) is 0.614. The smallest absolute Gasteiger partial charge is 0.0663 e. The minimum atomic E-state index is 0.498. The second kappa shape index (κ2) is 3.86. The highest BCUT2D eigenvalue weighted by Gasteiger charge is 1.82. The third-order valence-electron chi connectivity index (χ3n) is 1.03. The van der Waals surface area contributed by atoms with Crippen molar-refractivity contribution in [2.24, 2.45) is 0 Å². The topological polar surface area (TPSA) is 23.8 Å². The molecule has 2 heteroatoms. The summed E-state index contributed by atoms with van der Waals surface area (Å²) in [6.45, 7) is 0. The van der Waals surface area contributed by atoms with E-state index >= 15 is 0 Å². The average molecular weight is 149 g/mol. The van der Waals surface area contributed by atoms with Gasteiger partial charge in [0.2, 0.25) is 0 Å². The van der Waals surface area contributed by atoms with Crippen molar-refractivity contribution in [1.29, 1.82) is 5.26 Å². The number of nitriles is 1. The largest absolute Gasteiger partial charge is 0.198 e. The van der Waals surface area contributed by atoms with E-state index in [1.165, 1.54) is 4.88 Å². The lowest BCUT2D eigenvalue weighted by molar-refractivity contribution is 1.36. The van der Waals surface area contributed by atoms with E-state index in [-0.39, 0.29) is 0 Å². The molecule has 50 valence electrons. The molecule has 1 heterocycles. The summed E-state index contributed by atoms with van der Waals surface area (Å²) in [6.07, 6.45) is 4.33. The predicted octanol–water partition coefficient (Wildman–Crippen LogP) is 2.67. The van der Waals surface area contributed by atoms with Gasteiger partial charge in [0, 0.05) is 4.88 Å². The molecule has 0 aromatic carbocycles. The van der Waals surface area contributed by atoms with Crippen LogP contribution in [0.1, 0.15) is 11.3 Å². The Bertz CT molecular complexity index is 241. The number of nitrogens with zero attached hydrogens (tertiary/aromatic N) is 1. The second-order valence-corrected chi connectivity index (χ2v) is 2.76. The molecule has 10 heavy (non-hydrogen) atoms. The number of hydrogen-bond donors (Lipinski definition) is 0. The van der Waals surface area contributed by atoms with Crippen molar-refractivity contribution in [1.82, 2.24) is 0 Å². The molecule has 0 radical (unpaired) electrons. The van der Waals surface area contributed by atoms with Crippen molar-refractivity contribution in [2.75, 3.05) is 0 Å². The van der Waals surface area contributed by atoms with Crippen LogP contribution in [-0.4, -0.2) is 0 Å². The molecule has 1 aromatic heterocycles. The molecule has 0 aliphatic rings. The molecule has 1 aromatic rings. The fraction of sp³-hybridized carbons (Fsp3) is 0.125. The average Bonchev–Trinajstić information content (AvgIpc) is 2.41. The summed E-state index contributed by atoms with van der Waals surface area (Å²) in [5.74, 6) is 0. The van der Waals surface area contributed by atoms with E-state index < -0.39 is 0 Å². The molecule has 0 atom stereocenters. The molecule has 0 saturated heterocycles. The van der Waals surface area contributed by atoms with Crippen molar-refractivity contribution in [3.8, 4) is 6.07 Å². The van der Waals surface area contributed by atoms with Crippen LogP contribution in [0.15, 0.2) is 23.6 Å². The Labute approximate surface area is 64.2 Å².